The van der Waals surface area contributed by atoms with Crippen LogP contribution < -0.4 is 0 Å². The lowest BCUT2D eigenvalue weighted by Gasteiger charge is -2.16. The minimum Gasteiger partial charge on any atom is -0.394 e. The van der Waals surface area contributed by atoms with Crippen molar-refractivity contribution in [1.82, 2.24) is 4.90 Å². The van der Waals surface area contributed by atoms with Gasteiger partial charge in [-0.1, -0.05) is 55.4 Å². The van der Waals surface area contributed by atoms with Crippen molar-refractivity contribution in [2.45, 2.75) is 26.7 Å². The van der Waals surface area contributed by atoms with Crippen LogP contribution in [0.25, 0.3) is 10.8 Å². The third kappa shape index (κ3) is 3.85. The molecule has 23 heavy (non-hydrogen) atoms. The van der Waals surface area contributed by atoms with Gasteiger partial charge in [0.15, 0.2) is 0 Å². The molecule has 0 atom stereocenters. The Morgan fingerprint density at radius 1 is 1.04 bits per heavy atom. The summed E-state index contributed by atoms with van der Waals surface area (Å²) in [6.45, 7) is 8.07. The minimum atomic E-state index is 0. The van der Waals surface area contributed by atoms with Gasteiger partial charge < -0.3 is 9.74 Å². The first-order valence-electron chi connectivity index (χ1n) is 8.25. The smallest absolute Gasteiger partial charge is 0.129 e. The van der Waals surface area contributed by atoms with E-state index in [1.54, 1.807) is 0 Å². The number of benzene rings is 2. The van der Waals surface area contributed by atoms with Crippen molar-refractivity contribution >= 4 is 28.9 Å². The topological polar surface area (TPSA) is 24.8 Å². The van der Waals surface area contributed by atoms with Crippen molar-refractivity contribution < 1.29 is 4.84 Å². The largest absolute Gasteiger partial charge is 0.394 e. The third-order valence-electron chi connectivity index (χ3n) is 4.53. The van der Waals surface area contributed by atoms with E-state index in [9.17, 15) is 0 Å². The predicted molar refractivity (Wildman–Crippen MR) is 99.8 cm³/mol. The van der Waals surface area contributed by atoms with Crippen molar-refractivity contribution in [2.24, 2.45) is 5.16 Å². The number of fused-ring (bicyclic) bond motifs is 3. The van der Waals surface area contributed by atoms with Crippen LogP contribution >= 0.6 is 12.4 Å². The molecule has 0 unspecified atom stereocenters. The van der Waals surface area contributed by atoms with Crippen LogP contribution in [0.3, 0.4) is 0 Å². The molecular formula is C19H25ClN2O. The first kappa shape index (κ1) is 17.8. The highest BCUT2D eigenvalue weighted by Crippen LogP contribution is 2.30. The molecule has 124 valence electrons. The average molecular weight is 333 g/mol. The second-order valence-electron chi connectivity index (χ2n) is 5.71. The molecule has 0 spiro atoms. The SMILES string of the molecule is CCN(CC)CCO/N=C1\CCc2c1ccc1ccccc21.Cl. The van der Waals surface area contributed by atoms with Gasteiger partial charge in [0, 0.05) is 12.1 Å². The van der Waals surface area contributed by atoms with Crippen molar-refractivity contribution in [2.75, 3.05) is 26.2 Å². The number of rotatable bonds is 6. The van der Waals surface area contributed by atoms with Crippen LogP contribution in [-0.4, -0.2) is 36.9 Å². The van der Waals surface area contributed by atoms with E-state index in [0.29, 0.717) is 6.61 Å². The molecule has 0 N–H and O–H groups in total. The molecule has 0 heterocycles. The van der Waals surface area contributed by atoms with E-state index in [2.05, 4.69) is 60.3 Å². The molecule has 1 aliphatic rings. The molecular weight excluding hydrogens is 308 g/mol. The molecule has 0 radical (unpaired) electrons. The maximum atomic E-state index is 5.57. The van der Waals surface area contributed by atoms with Crippen LogP contribution in [0, 0.1) is 0 Å². The van der Waals surface area contributed by atoms with Gasteiger partial charge in [0.2, 0.25) is 0 Å². The molecule has 0 saturated carbocycles. The summed E-state index contributed by atoms with van der Waals surface area (Å²) in [5.74, 6) is 0. The molecule has 3 nitrogen and oxygen atoms in total. The zero-order chi connectivity index (χ0) is 15.4. The normalized spacial score (nSPS) is 15.0. The Kier molecular flexibility index (Phi) is 6.43. The highest BCUT2D eigenvalue weighted by atomic mass is 35.5. The highest BCUT2D eigenvalue weighted by Gasteiger charge is 2.20. The molecule has 0 amide bonds. The van der Waals surface area contributed by atoms with Gasteiger partial charge in [-0.15, -0.1) is 12.4 Å². The second-order valence-corrected chi connectivity index (χ2v) is 5.71. The van der Waals surface area contributed by atoms with E-state index < -0.39 is 0 Å². The summed E-state index contributed by atoms with van der Waals surface area (Å²) in [6, 6.07) is 13.0. The number of aryl methyl sites for hydroxylation is 1. The summed E-state index contributed by atoms with van der Waals surface area (Å²) >= 11 is 0. The zero-order valence-corrected chi connectivity index (χ0v) is 14.7. The van der Waals surface area contributed by atoms with Gasteiger partial charge >= 0.3 is 0 Å². The Labute approximate surface area is 144 Å². The second kappa shape index (κ2) is 8.32. The lowest BCUT2D eigenvalue weighted by molar-refractivity contribution is 0.114. The maximum Gasteiger partial charge on any atom is 0.129 e. The van der Waals surface area contributed by atoms with Crippen LogP contribution in [0.4, 0.5) is 0 Å². The summed E-state index contributed by atoms with van der Waals surface area (Å²) in [7, 11) is 0. The fourth-order valence-electron chi connectivity index (χ4n) is 3.18. The number of likely N-dealkylation sites (N-methyl/N-ethyl adjacent to an activating group) is 1. The summed E-state index contributed by atoms with van der Waals surface area (Å²) in [4.78, 5) is 7.91. The summed E-state index contributed by atoms with van der Waals surface area (Å²) < 4.78 is 0. The van der Waals surface area contributed by atoms with E-state index in [4.69, 9.17) is 4.84 Å². The Morgan fingerprint density at radius 2 is 1.83 bits per heavy atom. The van der Waals surface area contributed by atoms with E-state index in [0.717, 1.165) is 38.2 Å². The number of hydrogen-bond donors (Lipinski definition) is 0. The van der Waals surface area contributed by atoms with Gasteiger partial charge in [0.05, 0.1) is 5.71 Å². The summed E-state index contributed by atoms with van der Waals surface area (Å²) in [5, 5.41) is 7.07. The predicted octanol–water partition coefficient (Wildman–Crippen LogP) is 4.27. The molecule has 0 aromatic heterocycles. The van der Waals surface area contributed by atoms with Crippen LogP contribution in [0.1, 0.15) is 31.4 Å². The number of nitrogens with zero attached hydrogens (tertiary/aromatic N) is 2. The van der Waals surface area contributed by atoms with E-state index in [1.165, 1.54) is 21.9 Å². The minimum absolute atomic E-state index is 0. The molecule has 2 aromatic carbocycles. The number of halogens is 1. The Morgan fingerprint density at radius 3 is 2.61 bits per heavy atom. The van der Waals surface area contributed by atoms with Crippen LogP contribution in [-0.2, 0) is 11.3 Å². The van der Waals surface area contributed by atoms with Crippen molar-refractivity contribution in [3.8, 4) is 0 Å². The molecule has 0 aliphatic heterocycles. The Hall–Kier alpha value is -1.58. The van der Waals surface area contributed by atoms with E-state index >= 15 is 0 Å². The van der Waals surface area contributed by atoms with Gasteiger partial charge in [0.1, 0.15) is 6.61 Å². The van der Waals surface area contributed by atoms with Crippen LogP contribution in [0.5, 0.6) is 0 Å². The molecule has 0 saturated heterocycles. The summed E-state index contributed by atoms with van der Waals surface area (Å²) in [5.41, 5.74) is 3.78. The number of hydrogen-bond acceptors (Lipinski definition) is 3. The Balaban J connectivity index is 0.00000192. The van der Waals surface area contributed by atoms with Gasteiger partial charge in [-0.25, -0.2) is 0 Å². The van der Waals surface area contributed by atoms with E-state index in [1.807, 2.05) is 0 Å². The summed E-state index contributed by atoms with van der Waals surface area (Å²) in [6.07, 6.45) is 2.05. The monoisotopic (exact) mass is 332 g/mol. The van der Waals surface area contributed by atoms with Crippen molar-refractivity contribution in [3.63, 3.8) is 0 Å². The number of oxime groups is 1. The molecule has 1 aliphatic carbocycles. The average Bonchev–Trinajstić information content (AvgIpc) is 2.98. The van der Waals surface area contributed by atoms with E-state index in [-0.39, 0.29) is 12.4 Å². The van der Waals surface area contributed by atoms with Crippen LogP contribution in [0.15, 0.2) is 41.6 Å². The fraction of sp³-hybridized carbons (Fsp3) is 0.421. The standard InChI is InChI=1S/C19H24N2O.ClH/c1-3-21(4-2)13-14-22-20-19-12-11-17-16-8-6-5-7-15(16)9-10-18(17)19;/h5-10H,3-4,11-14H2,1-2H3;1H/b20-19+;. The van der Waals surface area contributed by atoms with Crippen LogP contribution in [0.2, 0.25) is 0 Å². The lowest BCUT2D eigenvalue weighted by Crippen LogP contribution is -2.26. The molecule has 4 heteroatoms. The van der Waals surface area contributed by atoms with Gasteiger partial charge in [-0.3, -0.25) is 0 Å². The Bertz CT molecular complexity index is 680. The van der Waals surface area contributed by atoms with Gasteiger partial charge in [-0.05, 0) is 42.3 Å². The molecule has 2 aromatic rings. The maximum absolute atomic E-state index is 5.57. The zero-order valence-electron chi connectivity index (χ0n) is 13.9. The van der Waals surface area contributed by atoms with Crippen molar-refractivity contribution in [3.05, 3.63) is 47.5 Å². The molecule has 0 bridgehead atoms. The molecule has 3 rings (SSSR count). The quantitative estimate of drug-likeness (QED) is 0.583. The van der Waals surface area contributed by atoms with Gasteiger partial charge in [-0.2, -0.15) is 0 Å². The van der Waals surface area contributed by atoms with Gasteiger partial charge in [0.25, 0.3) is 0 Å². The fourth-order valence-corrected chi connectivity index (χ4v) is 3.18. The first-order chi connectivity index (χ1) is 10.8. The highest BCUT2D eigenvalue weighted by molar-refractivity contribution is 6.08. The van der Waals surface area contributed by atoms with Crippen molar-refractivity contribution in [1.29, 1.82) is 0 Å². The molecule has 0 fully saturated rings. The lowest BCUT2D eigenvalue weighted by atomic mass is 10.0. The first-order valence-corrected chi connectivity index (χ1v) is 8.25. The third-order valence-corrected chi connectivity index (χ3v) is 4.53.